The van der Waals surface area contributed by atoms with Gasteiger partial charge in [0.2, 0.25) is 5.78 Å². The van der Waals surface area contributed by atoms with Crippen molar-refractivity contribution in [3.63, 3.8) is 0 Å². The molecule has 1 unspecified atom stereocenters. The third-order valence-corrected chi connectivity index (χ3v) is 6.33. The third kappa shape index (κ3) is 4.22. The average molecular weight is 478 g/mol. The van der Waals surface area contributed by atoms with Crippen LogP contribution in [-0.2, 0) is 9.53 Å². The molecule has 0 saturated carbocycles. The Bertz CT molecular complexity index is 1300. The number of ketones is 1. The molecule has 4 rings (SSSR count). The Hall–Kier alpha value is -3.85. The Morgan fingerprint density at radius 2 is 1.82 bits per heavy atom. The first-order chi connectivity index (χ1) is 16.2. The number of benzene rings is 1. The maximum absolute atomic E-state index is 13.5. The molecule has 0 aliphatic carbocycles. The van der Waals surface area contributed by atoms with Crippen molar-refractivity contribution < 1.29 is 24.2 Å². The molecular formula is C25H23N3O5S. The lowest BCUT2D eigenvalue weighted by Crippen LogP contribution is -2.31. The highest BCUT2D eigenvalue weighted by Crippen LogP contribution is 2.42. The van der Waals surface area contributed by atoms with E-state index in [9.17, 15) is 19.5 Å². The molecule has 2 aromatic heterocycles. The summed E-state index contributed by atoms with van der Waals surface area (Å²) in [6.45, 7) is 7.02. The molecule has 9 heteroatoms. The van der Waals surface area contributed by atoms with Gasteiger partial charge in [0.25, 0.3) is 5.91 Å². The maximum Gasteiger partial charge on any atom is 0.338 e. The van der Waals surface area contributed by atoms with E-state index in [1.807, 2.05) is 0 Å². The summed E-state index contributed by atoms with van der Waals surface area (Å²) in [5.74, 6) is -2.31. The number of ether oxygens (including phenoxy) is 1. The van der Waals surface area contributed by atoms with Gasteiger partial charge in [-0.3, -0.25) is 19.5 Å². The number of aliphatic hydroxyl groups excluding tert-OH is 1. The lowest BCUT2D eigenvalue weighted by atomic mass is 9.98. The molecular weight excluding hydrogens is 454 g/mol. The molecule has 174 valence electrons. The molecule has 1 amide bonds. The van der Waals surface area contributed by atoms with E-state index in [1.165, 1.54) is 28.4 Å². The van der Waals surface area contributed by atoms with Crippen molar-refractivity contribution in [1.29, 1.82) is 0 Å². The summed E-state index contributed by atoms with van der Waals surface area (Å²) >= 11 is 1.21. The van der Waals surface area contributed by atoms with Crippen molar-refractivity contribution in [2.75, 3.05) is 4.90 Å². The highest BCUT2D eigenvalue weighted by molar-refractivity contribution is 7.14. The fraction of sp³-hybridized carbons (Fsp3) is 0.240. The van der Waals surface area contributed by atoms with Gasteiger partial charge in [0, 0.05) is 11.9 Å². The first-order valence-electron chi connectivity index (χ1n) is 10.7. The summed E-state index contributed by atoms with van der Waals surface area (Å²) < 4.78 is 5.21. The molecule has 0 radical (unpaired) electrons. The zero-order valence-electron chi connectivity index (χ0n) is 19.1. The average Bonchev–Trinajstić information content (AvgIpc) is 3.29. The highest BCUT2D eigenvalue weighted by Gasteiger charge is 2.46. The van der Waals surface area contributed by atoms with E-state index in [-0.39, 0.29) is 11.7 Å². The Morgan fingerprint density at radius 1 is 1.12 bits per heavy atom. The van der Waals surface area contributed by atoms with Gasteiger partial charge in [-0.05, 0) is 64.1 Å². The number of aryl methyl sites for hydroxylation is 2. The molecule has 3 heterocycles. The quantitative estimate of drug-likeness (QED) is 0.411. The van der Waals surface area contributed by atoms with E-state index < -0.39 is 29.5 Å². The number of carbonyl (C=O) groups is 3. The first kappa shape index (κ1) is 23.3. The Labute approximate surface area is 200 Å². The smallest absolute Gasteiger partial charge is 0.338 e. The summed E-state index contributed by atoms with van der Waals surface area (Å²) in [4.78, 5) is 49.3. The molecule has 1 aliphatic heterocycles. The number of esters is 1. The highest BCUT2D eigenvalue weighted by atomic mass is 32.1. The standard InChI is InChI=1S/C25H23N3O5S/c1-13(2)33-25(32)16-8-10-17(11-9-16)28-20(18-7-5-6-12-26-18)19(22(30)24(28)31)21(29)23-14(3)27-15(4)34-23/h5-13,20,30H,1-4H3. The van der Waals surface area contributed by atoms with E-state index in [0.29, 0.717) is 32.5 Å². The van der Waals surface area contributed by atoms with Crippen molar-refractivity contribution >= 4 is 34.7 Å². The topological polar surface area (TPSA) is 110 Å². The fourth-order valence-electron chi connectivity index (χ4n) is 3.83. The number of thiazole rings is 1. The number of aromatic nitrogens is 2. The number of nitrogens with zero attached hydrogens (tertiary/aromatic N) is 3. The number of Topliss-reactive ketones (excluding diaryl/α,β-unsaturated/α-hetero) is 1. The van der Waals surface area contributed by atoms with Crippen LogP contribution in [0.3, 0.4) is 0 Å². The molecule has 1 aliphatic rings. The number of anilines is 1. The molecule has 1 aromatic carbocycles. The van der Waals surface area contributed by atoms with Crippen molar-refractivity contribution in [1.82, 2.24) is 9.97 Å². The van der Waals surface area contributed by atoms with E-state index in [0.717, 1.165) is 0 Å². The van der Waals surface area contributed by atoms with E-state index in [1.54, 1.807) is 64.2 Å². The number of pyridine rings is 1. The third-order valence-electron chi connectivity index (χ3n) is 5.25. The van der Waals surface area contributed by atoms with Crippen LogP contribution in [0.25, 0.3) is 0 Å². The van der Waals surface area contributed by atoms with Gasteiger partial charge in [-0.25, -0.2) is 9.78 Å². The first-order valence-corrected chi connectivity index (χ1v) is 11.5. The second-order valence-corrected chi connectivity index (χ2v) is 9.28. The summed E-state index contributed by atoms with van der Waals surface area (Å²) in [5, 5.41) is 11.6. The van der Waals surface area contributed by atoms with Gasteiger partial charge in [0.15, 0.2) is 5.76 Å². The van der Waals surface area contributed by atoms with Gasteiger partial charge < -0.3 is 9.84 Å². The molecule has 0 spiro atoms. The molecule has 34 heavy (non-hydrogen) atoms. The number of rotatable bonds is 6. The summed E-state index contributed by atoms with van der Waals surface area (Å²) in [5.41, 5.74) is 1.62. The van der Waals surface area contributed by atoms with Crippen LogP contribution >= 0.6 is 11.3 Å². The molecule has 0 bridgehead atoms. The van der Waals surface area contributed by atoms with Crippen LogP contribution in [0, 0.1) is 13.8 Å². The van der Waals surface area contributed by atoms with Crippen LogP contribution < -0.4 is 4.90 Å². The van der Waals surface area contributed by atoms with Gasteiger partial charge in [-0.15, -0.1) is 11.3 Å². The second-order valence-electron chi connectivity index (χ2n) is 8.07. The SMILES string of the molecule is Cc1nc(C)c(C(=O)C2=C(O)C(=O)N(c3ccc(C(=O)OC(C)C)cc3)C2c2ccccn2)s1. The minimum Gasteiger partial charge on any atom is -0.503 e. The zero-order valence-corrected chi connectivity index (χ0v) is 19.9. The predicted molar refractivity (Wildman–Crippen MR) is 127 cm³/mol. The Kier molecular flexibility index (Phi) is 6.30. The lowest BCUT2D eigenvalue weighted by molar-refractivity contribution is -0.117. The minimum atomic E-state index is -0.948. The molecule has 3 aromatic rings. The normalized spacial score (nSPS) is 15.9. The summed E-state index contributed by atoms with van der Waals surface area (Å²) in [7, 11) is 0. The van der Waals surface area contributed by atoms with Gasteiger partial charge in [-0.1, -0.05) is 6.07 Å². The van der Waals surface area contributed by atoms with Crippen LogP contribution in [0.15, 0.2) is 60.0 Å². The second kappa shape index (κ2) is 9.18. The summed E-state index contributed by atoms with van der Waals surface area (Å²) in [6.07, 6.45) is 1.29. The van der Waals surface area contributed by atoms with Gasteiger partial charge in [0.1, 0.15) is 6.04 Å². The summed E-state index contributed by atoms with van der Waals surface area (Å²) in [6, 6.07) is 10.4. The Balaban J connectivity index is 1.78. The van der Waals surface area contributed by atoms with Crippen LogP contribution in [0.1, 0.15) is 56.3 Å². The largest absolute Gasteiger partial charge is 0.503 e. The number of aliphatic hydroxyl groups is 1. The minimum absolute atomic E-state index is 0.0567. The van der Waals surface area contributed by atoms with Crippen molar-refractivity contribution in [3.05, 3.63) is 86.8 Å². The van der Waals surface area contributed by atoms with Crippen LogP contribution in [0.4, 0.5) is 5.69 Å². The van der Waals surface area contributed by atoms with Crippen molar-refractivity contribution in [2.45, 2.75) is 39.8 Å². The number of hydrogen-bond acceptors (Lipinski definition) is 8. The monoisotopic (exact) mass is 477 g/mol. The van der Waals surface area contributed by atoms with Gasteiger partial charge >= 0.3 is 5.97 Å². The Morgan fingerprint density at radius 3 is 2.38 bits per heavy atom. The molecule has 0 fully saturated rings. The lowest BCUT2D eigenvalue weighted by Gasteiger charge is -2.26. The van der Waals surface area contributed by atoms with Crippen LogP contribution in [-0.4, -0.2) is 38.8 Å². The number of hydrogen-bond donors (Lipinski definition) is 1. The molecule has 1 N–H and O–H groups in total. The fourth-order valence-corrected chi connectivity index (χ4v) is 4.70. The van der Waals surface area contributed by atoms with Gasteiger partial charge in [-0.2, -0.15) is 0 Å². The van der Waals surface area contributed by atoms with Crippen LogP contribution in [0.5, 0.6) is 0 Å². The molecule has 1 atom stereocenters. The predicted octanol–water partition coefficient (Wildman–Crippen LogP) is 4.50. The van der Waals surface area contributed by atoms with E-state index in [4.69, 9.17) is 4.74 Å². The van der Waals surface area contributed by atoms with E-state index >= 15 is 0 Å². The number of amides is 1. The molecule has 0 saturated heterocycles. The van der Waals surface area contributed by atoms with Crippen molar-refractivity contribution in [3.8, 4) is 0 Å². The zero-order chi connectivity index (χ0) is 24.6. The number of carbonyl (C=O) groups excluding carboxylic acids is 3. The molecule has 8 nitrogen and oxygen atoms in total. The van der Waals surface area contributed by atoms with Crippen molar-refractivity contribution in [2.24, 2.45) is 0 Å². The van der Waals surface area contributed by atoms with Crippen LogP contribution in [0.2, 0.25) is 0 Å². The van der Waals surface area contributed by atoms with E-state index in [2.05, 4.69) is 9.97 Å². The van der Waals surface area contributed by atoms with Gasteiger partial charge in [0.05, 0.1) is 38.5 Å². The maximum atomic E-state index is 13.5.